The van der Waals surface area contributed by atoms with E-state index in [-0.39, 0.29) is 0 Å². The molecule has 0 bridgehead atoms. The highest BCUT2D eigenvalue weighted by molar-refractivity contribution is 9.09. The number of hydrogen-bond acceptors (Lipinski definition) is 2. The molecule has 3 unspecified atom stereocenters. The second-order valence-corrected chi connectivity index (χ2v) is 5.83. The molecule has 2 aliphatic rings. The van der Waals surface area contributed by atoms with E-state index >= 15 is 0 Å². The van der Waals surface area contributed by atoms with Crippen molar-refractivity contribution in [3.63, 3.8) is 0 Å². The maximum absolute atomic E-state index is 5.96. The van der Waals surface area contributed by atoms with Gasteiger partial charge in [-0.3, -0.25) is 0 Å². The van der Waals surface area contributed by atoms with E-state index in [1.807, 2.05) is 0 Å². The molecule has 2 nitrogen and oxygen atoms in total. The Hall–Kier alpha value is 0.400. The minimum absolute atomic E-state index is 0.357. The highest BCUT2D eigenvalue weighted by Crippen LogP contribution is 2.35. The molecule has 0 amide bonds. The Labute approximate surface area is 101 Å². The van der Waals surface area contributed by atoms with Crippen molar-refractivity contribution in [1.29, 1.82) is 0 Å². The molecule has 2 aliphatic carbocycles. The minimum atomic E-state index is 0.357. The number of alkyl halides is 1. The molecule has 2 saturated carbocycles. The first kappa shape index (κ1) is 11.9. The molecule has 0 spiro atoms. The fourth-order valence-electron chi connectivity index (χ4n) is 2.29. The topological polar surface area (TPSA) is 18.5 Å². The summed E-state index contributed by atoms with van der Waals surface area (Å²) in [4.78, 5) is 0.568. The number of ether oxygens (including phenoxy) is 2. The lowest BCUT2D eigenvalue weighted by Crippen LogP contribution is -2.28. The van der Waals surface area contributed by atoms with Crippen molar-refractivity contribution in [2.45, 2.75) is 56.1 Å². The Morgan fingerprint density at radius 2 is 2.07 bits per heavy atom. The zero-order chi connectivity index (χ0) is 10.7. The number of rotatable bonds is 6. The summed E-state index contributed by atoms with van der Waals surface area (Å²) in [5.74, 6) is 0.778. The molecule has 0 aromatic rings. The van der Waals surface area contributed by atoms with Gasteiger partial charge in [0.2, 0.25) is 0 Å². The third kappa shape index (κ3) is 3.43. The summed E-state index contributed by atoms with van der Waals surface area (Å²) < 4.78 is 11.7. The van der Waals surface area contributed by atoms with E-state index in [0.717, 1.165) is 19.1 Å². The van der Waals surface area contributed by atoms with E-state index < -0.39 is 0 Å². The quantitative estimate of drug-likeness (QED) is 0.694. The Bertz CT molecular complexity index is 194. The van der Waals surface area contributed by atoms with Crippen LogP contribution in [0.15, 0.2) is 0 Å². The van der Waals surface area contributed by atoms with Gasteiger partial charge in [-0.15, -0.1) is 0 Å². The maximum atomic E-state index is 5.96. The fourth-order valence-corrected chi connectivity index (χ4v) is 3.03. The van der Waals surface area contributed by atoms with Gasteiger partial charge in [-0.05, 0) is 44.9 Å². The van der Waals surface area contributed by atoms with Crippen LogP contribution in [0.1, 0.15) is 39.0 Å². The van der Waals surface area contributed by atoms with Crippen LogP contribution in [0.2, 0.25) is 0 Å². The van der Waals surface area contributed by atoms with Crippen LogP contribution in [0.5, 0.6) is 0 Å². The molecule has 88 valence electrons. The first-order valence-electron chi connectivity index (χ1n) is 6.18. The van der Waals surface area contributed by atoms with Gasteiger partial charge in [0.1, 0.15) is 0 Å². The predicted molar refractivity (Wildman–Crippen MR) is 64.4 cm³/mol. The van der Waals surface area contributed by atoms with Crippen LogP contribution in [0.4, 0.5) is 0 Å². The zero-order valence-electron chi connectivity index (χ0n) is 9.45. The lowest BCUT2D eigenvalue weighted by molar-refractivity contribution is -0.0461. The van der Waals surface area contributed by atoms with Crippen LogP contribution in [-0.4, -0.2) is 30.2 Å². The van der Waals surface area contributed by atoms with Gasteiger partial charge in [0.05, 0.1) is 18.8 Å². The Balaban J connectivity index is 1.70. The molecule has 0 aliphatic heterocycles. The lowest BCUT2D eigenvalue weighted by atomic mass is 10.2. The van der Waals surface area contributed by atoms with E-state index in [1.54, 1.807) is 0 Å². The molecule has 15 heavy (non-hydrogen) atoms. The molecule has 0 heterocycles. The van der Waals surface area contributed by atoms with Gasteiger partial charge in [-0.25, -0.2) is 0 Å². The smallest absolute Gasteiger partial charge is 0.0836 e. The molecule has 0 saturated heterocycles. The van der Waals surface area contributed by atoms with Gasteiger partial charge in [-0.2, -0.15) is 0 Å². The second-order valence-electron chi connectivity index (χ2n) is 4.65. The average molecular weight is 277 g/mol. The predicted octanol–water partition coefficient (Wildman–Crippen LogP) is 3.13. The summed E-state index contributed by atoms with van der Waals surface area (Å²) in [5.41, 5.74) is 0. The van der Waals surface area contributed by atoms with Gasteiger partial charge in [0.25, 0.3) is 0 Å². The molecule has 2 fully saturated rings. The first-order valence-corrected chi connectivity index (χ1v) is 7.10. The van der Waals surface area contributed by atoms with E-state index in [0.29, 0.717) is 17.0 Å². The van der Waals surface area contributed by atoms with Gasteiger partial charge >= 0.3 is 0 Å². The van der Waals surface area contributed by atoms with Crippen molar-refractivity contribution in [3.8, 4) is 0 Å². The molecule has 0 N–H and O–H groups in total. The molecule has 0 radical (unpaired) electrons. The molecule has 2 rings (SSSR count). The highest BCUT2D eigenvalue weighted by atomic mass is 79.9. The number of halogens is 1. The van der Waals surface area contributed by atoms with Crippen LogP contribution in [-0.2, 0) is 9.47 Å². The third-order valence-corrected chi connectivity index (χ3v) is 4.42. The molecule has 0 aromatic carbocycles. The Kier molecular flexibility index (Phi) is 4.47. The van der Waals surface area contributed by atoms with E-state index in [4.69, 9.17) is 9.47 Å². The maximum Gasteiger partial charge on any atom is 0.0836 e. The summed E-state index contributed by atoms with van der Waals surface area (Å²) >= 11 is 3.68. The van der Waals surface area contributed by atoms with E-state index in [9.17, 15) is 0 Å². The van der Waals surface area contributed by atoms with Gasteiger partial charge < -0.3 is 9.47 Å². The SMILES string of the molecule is CCOC(COC1CCCC1Br)C1CC1. The summed E-state index contributed by atoms with van der Waals surface area (Å²) in [7, 11) is 0. The largest absolute Gasteiger partial charge is 0.376 e. The fraction of sp³-hybridized carbons (Fsp3) is 1.00. The Morgan fingerprint density at radius 1 is 1.27 bits per heavy atom. The van der Waals surface area contributed by atoms with Gasteiger partial charge in [0, 0.05) is 11.4 Å². The molecule has 3 heteroatoms. The van der Waals surface area contributed by atoms with Crippen molar-refractivity contribution in [2.75, 3.05) is 13.2 Å². The lowest BCUT2D eigenvalue weighted by Gasteiger charge is -2.21. The minimum Gasteiger partial charge on any atom is -0.376 e. The van der Waals surface area contributed by atoms with E-state index in [2.05, 4.69) is 22.9 Å². The normalized spacial score (nSPS) is 33.2. The first-order chi connectivity index (χ1) is 7.31. The third-order valence-electron chi connectivity index (χ3n) is 3.38. The monoisotopic (exact) mass is 276 g/mol. The Morgan fingerprint density at radius 3 is 2.60 bits per heavy atom. The van der Waals surface area contributed by atoms with Gasteiger partial charge in [-0.1, -0.05) is 15.9 Å². The second kappa shape index (κ2) is 5.65. The van der Waals surface area contributed by atoms with Crippen molar-refractivity contribution in [1.82, 2.24) is 0 Å². The van der Waals surface area contributed by atoms with Crippen LogP contribution >= 0.6 is 15.9 Å². The molecular weight excluding hydrogens is 256 g/mol. The van der Waals surface area contributed by atoms with Crippen molar-refractivity contribution < 1.29 is 9.47 Å². The summed E-state index contributed by atoms with van der Waals surface area (Å²) in [6, 6.07) is 0. The van der Waals surface area contributed by atoms with Gasteiger partial charge in [0.15, 0.2) is 0 Å². The van der Waals surface area contributed by atoms with Crippen LogP contribution in [0.3, 0.4) is 0 Å². The number of hydrogen-bond donors (Lipinski definition) is 0. The van der Waals surface area contributed by atoms with Crippen molar-refractivity contribution in [2.24, 2.45) is 5.92 Å². The van der Waals surface area contributed by atoms with Crippen LogP contribution in [0, 0.1) is 5.92 Å². The van der Waals surface area contributed by atoms with E-state index in [1.165, 1.54) is 32.1 Å². The summed E-state index contributed by atoms with van der Waals surface area (Å²) in [6.45, 7) is 3.68. The average Bonchev–Trinajstić information content (AvgIpc) is 2.98. The highest BCUT2D eigenvalue weighted by Gasteiger charge is 2.33. The van der Waals surface area contributed by atoms with Crippen LogP contribution in [0.25, 0.3) is 0 Å². The molecule has 3 atom stereocenters. The van der Waals surface area contributed by atoms with Crippen LogP contribution < -0.4 is 0 Å². The molecular formula is C12H21BrO2. The summed E-state index contributed by atoms with van der Waals surface area (Å²) in [6.07, 6.45) is 7.20. The standard InChI is InChI=1S/C12H21BrO2/c1-2-14-12(9-6-7-9)8-15-11-5-3-4-10(11)13/h9-12H,2-8H2,1H3. The zero-order valence-corrected chi connectivity index (χ0v) is 11.0. The summed E-state index contributed by atoms with van der Waals surface area (Å²) in [5, 5.41) is 0. The molecule has 0 aromatic heterocycles. The van der Waals surface area contributed by atoms with Crippen molar-refractivity contribution in [3.05, 3.63) is 0 Å². The van der Waals surface area contributed by atoms with Crippen molar-refractivity contribution >= 4 is 15.9 Å².